The van der Waals surface area contributed by atoms with E-state index in [1.165, 1.54) is 43.0 Å². The van der Waals surface area contributed by atoms with E-state index in [9.17, 15) is 5.11 Å². The van der Waals surface area contributed by atoms with Crippen LogP contribution in [0, 0.1) is 5.92 Å². The van der Waals surface area contributed by atoms with Crippen LogP contribution >= 0.6 is 0 Å². The van der Waals surface area contributed by atoms with Crippen LogP contribution in [-0.4, -0.2) is 9.67 Å². The van der Waals surface area contributed by atoms with Crippen LogP contribution < -0.4 is 0 Å². The highest BCUT2D eigenvalue weighted by atomic mass is 16.3. The van der Waals surface area contributed by atoms with Crippen molar-refractivity contribution in [3.8, 4) is 0 Å². The van der Waals surface area contributed by atoms with E-state index in [0.717, 1.165) is 18.2 Å². The number of para-hydroxylation sites is 1. The van der Waals surface area contributed by atoms with Crippen LogP contribution in [0.4, 0.5) is 0 Å². The quantitative estimate of drug-likeness (QED) is 0.873. The molecule has 1 aliphatic carbocycles. The summed E-state index contributed by atoms with van der Waals surface area (Å²) in [7, 11) is 0. The maximum absolute atomic E-state index is 9.53. The van der Waals surface area contributed by atoms with Gasteiger partial charge in [-0.1, -0.05) is 37.5 Å². The van der Waals surface area contributed by atoms with Crippen molar-refractivity contribution < 1.29 is 5.11 Å². The highest BCUT2D eigenvalue weighted by Gasteiger charge is 2.16. The van der Waals surface area contributed by atoms with Gasteiger partial charge in [0, 0.05) is 17.8 Å². The maximum atomic E-state index is 9.53. The summed E-state index contributed by atoms with van der Waals surface area (Å²) in [5, 5.41) is 10.8. The molecule has 1 aliphatic rings. The van der Waals surface area contributed by atoms with E-state index < -0.39 is 0 Å². The molecule has 1 N–H and O–H groups in total. The number of aliphatic hydroxyl groups excluding tert-OH is 1. The van der Waals surface area contributed by atoms with Gasteiger partial charge in [-0.15, -0.1) is 0 Å². The predicted molar refractivity (Wildman–Crippen MR) is 74.4 cm³/mol. The molecule has 0 bridgehead atoms. The Kier molecular flexibility index (Phi) is 3.37. The Bertz CT molecular complexity index is 523. The van der Waals surface area contributed by atoms with Crippen LogP contribution in [0.3, 0.4) is 0 Å². The summed E-state index contributed by atoms with van der Waals surface area (Å²) in [4.78, 5) is 0. The van der Waals surface area contributed by atoms with Crippen LogP contribution in [0.2, 0.25) is 0 Å². The van der Waals surface area contributed by atoms with E-state index in [-0.39, 0.29) is 6.61 Å². The van der Waals surface area contributed by atoms with Crippen molar-refractivity contribution in [3.63, 3.8) is 0 Å². The fourth-order valence-corrected chi connectivity index (χ4v) is 3.24. The number of hydrogen-bond acceptors (Lipinski definition) is 1. The van der Waals surface area contributed by atoms with E-state index in [4.69, 9.17) is 0 Å². The lowest BCUT2D eigenvalue weighted by Gasteiger charge is -2.23. The highest BCUT2D eigenvalue weighted by Crippen LogP contribution is 2.28. The van der Waals surface area contributed by atoms with Gasteiger partial charge in [-0.25, -0.2) is 0 Å². The molecule has 18 heavy (non-hydrogen) atoms. The van der Waals surface area contributed by atoms with Crippen LogP contribution in [0.15, 0.2) is 30.3 Å². The topological polar surface area (TPSA) is 25.2 Å². The van der Waals surface area contributed by atoms with Gasteiger partial charge in [0.25, 0.3) is 0 Å². The summed E-state index contributed by atoms with van der Waals surface area (Å²) in [5.74, 6) is 0.792. The summed E-state index contributed by atoms with van der Waals surface area (Å²) in [5.41, 5.74) is 2.33. The van der Waals surface area contributed by atoms with E-state index in [1.54, 1.807) is 0 Å². The largest absolute Gasteiger partial charge is 0.390 e. The molecule has 0 aliphatic heterocycles. The van der Waals surface area contributed by atoms with Gasteiger partial charge in [0.2, 0.25) is 0 Å². The second kappa shape index (κ2) is 5.15. The van der Waals surface area contributed by atoms with Gasteiger partial charge in [0.05, 0.1) is 6.61 Å². The minimum Gasteiger partial charge on any atom is -0.390 e. The molecule has 1 aromatic carbocycles. The first-order valence-corrected chi connectivity index (χ1v) is 7.06. The number of aromatic nitrogens is 1. The molecule has 2 aromatic rings. The van der Waals surface area contributed by atoms with E-state index in [2.05, 4.69) is 34.9 Å². The van der Waals surface area contributed by atoms with Gasteiger partial charge in [-0.2, -0.15) is 0 Å². The molecule has 2 heteroatoms. The fraction of sp³-hybridized carbons (Fsp3) is 0.500. The molecule has 96 valence electrons. The average Bonchev–Trinajstić information content (AvgIpc) is 2.78. The standard InChI is InChI=1S/C16H21NO/c18-12-15-10-14-8-4-5-9-16(14)17(15)11-13-6-2-1-3-7-13/h4-5,8-10,13,18H,1-3,6-7,11-12H2. The summed E-state index contributed by atoms with van der Waals surface area (Å²) in [6.07, 6.45) is 6.83. The zero-order chi connectivity index (χ0) is 12.4. The third-order valence-corrected chi connectivity index (χ3v) is 4.22. The normalized spacial score (nSPS) is 17.4. The molecule has 0 saturated heterocycles. The molecule has 1 saturated carbocycles. The lowest BCUT2D eigenvalue weighted by atomic mass is 9.89. The summed E-state index contributed by atoms with van der Waals surface area (Å²) < 4.78 is 2.32. The average molecular weight is 243 g/mol. The van der Waals surface area contributed by atoms with Crippen LogP contribution in [0.25, 0.3) is 10.9 Å². The van der Waals surface area contributed by atoms with Gasteiger partial charge in [0.1, 0.15) is 0 Å². The van der Waals surface area contributed by atoms with Gasteiger partial charge in [0.15, 0.2) is 0 Å². The van der Waals surface area contributed by atoms with Crippen molar-refractivity contribution in [1.29, 1.82) is 0 Å². The Morgan fingerprint density at radius 2 is 1.89 bits per heavy atom. The van der Waals surface area contributed by atoms with Crippen molar-refractivity contribution in [2.24, 2.45) is 5.92 Å². The Balaban J connectivity index is 1.93. The Hall–Kier alpha value is -1.28. The zero-order valence-electron chi connectivity index (χ0n) is 10.8. The third kappa shape index (κ3) is 2.17. The van der Waals surface area contributed by atoms with E-state index >= 15 is 0 Å². The second-order valence-electron chi connectivity index (χ2n) is 5.47. The zero-order valence-corrected chi connectivity index (χ0v) is 10.8. The first-order valence-electron chi connectivity index (χ1n) is 7.06. The third-order valence-electron chi connectivity index (χ3n) is 4.22. The number of hydrogen-bond donors (Lipinski definition) is 1. The Morgan fingerprint density at radius 1 is 1.11 bits per heavy atom. The SMILES string of the molecule is OCc1cc2ccccc2n1CC1CCCCC1. The maximum Gasteiger partial charge on any atom is 0.0833 e. The summed E-state index contributed by atoms with van der Waals surface area (Å²) in [6, 6.07) is 10.6. The fourth-order valence-electron chi connectivity index (χ4n) is 3.24. The Labute approximate surface area is 108 Å². The molecule has 1 fully saturated rings. The Morgan fingerprint density at radius 3 is 2.67 bits per heavy atom. The predicted octanol–water partition coefficient (Wildman–Crippen LogP) is 3.71. The molecule has 0 amide bonds. The molecule has 0 radical (unpaired) electrons. The molecule has 3 rings (SSSR count). The minimum atomic E-state index is 0.140. The molecule has 0 unspecified atom stereocenters. The molecule has 0 atom stereocenters. The summed E-state index contributed by atoms with van der Waals surface area (Å²) in [6.45, 7) is 1.21. The molecular formula is C16H21NO. The monoisotopic (exact) mass is 243 g/mol. The van der Waals surface area contributed by atoms with Crippen molar-refractivity contribution in [3.05, 3.63) is 36.0 Å². The molecule has 0 spiro atoms. The number of aliphatic hydroxyl groups is 1. The van der Waals surface area contributed by atoms with Crippen molar-refractivity contribution in [2.75, 3.05) is 0 Å². The number of benzene rings is 1. The van der Waals surface area contributed by atoms with Gasteiger partial charge < -0.3 is 9.67 Å². The van der Waals surface area contributed by atoms with Crippen molar-refractivity contribution >= 4 is 10.9 Å². The lowest BCUT2D eigenvalue weighted by Crippen LogP contribution is -2.15. The van der Waals surface area contributed by atoms with E-state index in [0.29, 0.717) is 0 Å². The second-order valence-corrected chi connectivity index (χ2v) is 5.47. The molecule has 2 nitrogen and oxygen atoms in total. The number of nitrogens with zero attached hydrogens (tertiary/aromatic N) is 1. The van der Waals surface area contributed by atoms with E-state index in [1.807, 2.05) is 0 Å². The highest BCUT2D eigenvalue weighted by molar-refractivity contribution is 5.81. The molecule has 1 heterocycles. The minimum absolute atomic E-state index is 0.140. The number of rotatable bonds is 3. The summed E-state index contributed by atoms with van der Waals surface area (Å²) >= 11 is 0. The molecule has 1 aromatic heterocycles. The molecular weight excluding hydrogens is 222 g/mol. The smallest absolute Gasteiger partial charge is 0.0833 e. The van der Waals surface area contributed by atoms with Crippen LogP contribution in [-0.2, 0) is 13.2 Å². The van der Waals surface area contributed by atoms with Crippen molar-refractivity contribution in [1.82, 2.24) is 4.57 Å². The lowest BCUT2D eigenvalue weighted by molar-refractivity contribution is 0.261. The van der Waals surface area contributed by atoms with Gasteiger partial charge in [-0.3, -0.25) is 0 Å². The van der Waals surface area contributed by atoms with Crippen LogP contribution in [0.1, 0.15) is 37.8 Å². The first kappa shape index (κ1) is 11.8. The van der Waals surface area contributed by atoms with Gasteiger partial charge >= 0.3 is 0 Å². The van der Waals surface area contributed by atoms with Crippen LogP contribution in [0.5, 0.6) is 0 Å². The number of fused-ring (bicyclic) bond motifs is 1. The van der Waals surface area contributed by atoms with Crippen molar-refractivity contribution in [2.45, 2.75) is 45.3 Å². The first-order chi connectivity index (χ1) is 8.88. The van der Waals surface area contributed by atoms with Gasteiger partial charge in [-0.05, 0) is 36.3 Å².